The molecule has 1 rings (SSSR count). The zero-order valence-electron chi connectivity index (χ0n) is 6.47. The lowest BCUT2D eigenvalue weighted by Gasteiger charge is -1.97. The van der Waals surface area contributed by atoms with Crippen molar-refractivity contribution in [2.75, 3.05) is 0 Å². The second kappa shape index (κ2) is 4.20. The minimum absolute atomic E-state index is 0.0428. The van der Waals surface area contributed by atoms with E-state index in [4.69, 9.17) is 5.73 Å². The maximum atomic E-state index is 10.4. The molecule has 0 radical (unpaired) electrons. The minimum Gasteiger partial charge on any atom is -0.384 e. The molecule has 0 aliphatic rings. The number of nitrogens with zero attached hydrogens (tertiary/aromatic N) is 1. The molecule has 68 valence electrons. The molecule has 1 aromatic carbocycles. The normalized spacial score (nSPS) is 9.54. The average molecular weight is 214 g/mol. The standard InChI is InChI=1S/C7H6N2O2S2/c8-7(12)13-6-3-1-2-5(4-6)9(10)11/h1-4H,(H2,8,12). The van der Waals surface area contributed by atoms with Crippen LogP contribution in [0.5, 0.6) is 0 Å². The van der Waals surface area contributed by atoms with E-state index in [0.717, 1.165) is 11.8 Å². The van der Waals surface area contributed by atoms with Gasteiger partial charge in [-0.25, -0.2) is 0 Å². The highest BCUT2D eigenvalue weighted by Gasteiger charge is 2.05. The molecule has 0 fully saturated rings. The van der Waals surface area contributed by atoms with Crippen LogP contribution < -0.4 is 5.73 Å². The maximum absolute atomic E-state index is 10.4. The highest BCUT2D eigenvalue weighted by atomic mass is 32.2. The Morgan fingerprint density at radius 3 is 2.85 bits per heavy atom. The molecule has 0 saturated heterocycles. The van der Waals surface area contributed by atoms with Gasteiger partial charge in [0.05, 0.1) is 4.92 Å². The Kier molecular flexibility index (Phi) is 3.21. The molecule has 2 N–H and O–H groups in total. The van der Waals surface area contributed by atoms with Crippen LogP contribution in [0.25, 0.3) is 0 Å². The molecule has 0 saturated carbocycles. The van der Waals surface area contributed by atoms with E-state index in [1.54, 1.807) is 12.1 Å². The third-order valence-corrected chi connectivity index (χ3v) is 2.19. The Morgan fingerprint density at radius 1 is 1.62 bits per heavy atom. The molecule has 0 amide bonds. The van der Waals surface area contributed by atoms with E-state index in [2.05, 4.69) is 12.2 Å². The van der Waals surface area contributed by atoms with Crippen molar-refractivity contribution in [2.24, 2.45) is 5.73 Å². The number of thiocarbonyl (C=S) groups is 1. The first kappa shape index (κ1) is 9.94. The number of thioether (sulfide) groups is 1. The molecule has 0 spiro atoms. The molecule has 0 bridgehead atoms. The molecule has 1 aromatic rings. The van der Waals surface area contributed by atoms with Crippen LogP contribution in [0, 0.1) is 10.1 Å². The molecule has 0 unspecified atom stereocenters. The average Bonchev–Trinajstić information content (AvgIpc) is 2.03. The SMILES string of the molecule is NC(=S)Sc1cccc([N+](=O)[O-])c1. The lowest BCUT2D eigenvalue weighted by Crippen LogP contribution is -2.01. The minimum atomic E-state index is -0.455. The van der Waals surface area contributed by atoms with E-state index < -0.39 is 4.92 Å². The Hall–Kier alpha value is -1.14. The van der Waals surface area contributed by atoms with Crippen LogP contribution in [0.3, 0.4) is 0 Å². The number of nitrogens with two attached hydrogens (primary N) is 1. The first-order chi connectivity index (χ1) is 6.09. The smallest absolute Gasteiger partial charge is 0.270 e. The zero-order chi connectivity index (χ0) is 9.84. The molecule has 0 atom stereocenters. The van der Waals surface area contributed by atoms with Gasteiger partial charge >= 0.3 is 0 Å². The van der Waals surface area contributed by atoms with E-state index in [9.17, 15) is 10.1 Å². The van der Waals surface area contributed by atoms with Crippen molar-refractivity contribution in [3.63, 3.8) is 0 Å². The van der Waals surface area contributed by atoms with Crippen molar-refractivity contribution in [1.29, 1.82) is 0 Å². The molecular formula is C7H6N2O2S2. The lowest BCUT2D eigenvalue weighted by atomic mass is 10.3. The number of non-ortho nitro benzene ring substituents is 1. The monoisotopic (exact) mass is 214 g/mol. The van der Waals surface area contributed by atoms with E-state index in [-0.39, 0.29) is 10.0 Å². The van der Waals surface area contributed by atoms with Crippen LogP contribution >= 0.6 is 24.0 Å². The van der Waals surface area contributed by atoms with Gasteiger partial charge < -0.3 is 5.73 Å². The maximum Gasteiger partial charge on any atom is 0.270 e. The molecule has 6 heteroatoms. The molecule has 13 heavy (non-hydrogen) atoms. The van der Waals surface area contributed by atoms with Gasteiger partial charge in [0.15, 0.2) is 0 Å². The van der Waals surface area contributed by atoms with Gasteiger partial charge in [0, 0.05) is 17.0 Å². The van der Waals surface area contributed by atoms with Gasteiger partial charge in [0.2, 0.25) is 0 Å². The van der Waals surface area contributed by atoms with Crippen LogP contribution in [0.15, 0.2) is 29.2 Å². The van der Waals surface area contributed by atoms with Crippen molar-refractivity contribution in [3.05, 3.63) is 34.4 Å². The number of hydrogen-bond acceptors (Lipinski definition) is 4. The summed E-state index contributed by atoms with van der Waals surface area (Å²) in [5.41, 5.74) is 5.32. The summed E-state index contributed by atoms with van der Waals surface area (Å²) < 4.78 is 0.250. The van der Waals surface area contributed by atoms with Crippen LogP contribution in [-0.2, 0) is 0 Å². The van der Waals surface area contributed by atoms with Crippen molar-refractivity contribution in [3.8, 4) is 0 Å². The quantitative estimate of drug-likeness (QED) is 0.352. The van der Waals surface area contributed by atoms with Gasteiger partial charge in [0.25, 0.3) is 5.69 Å². The topological polar surface area (TPSA) is 69.2 Å². The highest BCUT2D eigenvalue weighted by molar-refractivity contribution is 8.22. The van der Waals surface area contributed by atoms with Gasteiger partial charge in [-0.1, -0.05) is 30.0 Å². The summed E-state index contributed by atoms with van der Waals surface area (Å²) in [4.78, 5) is 10.6. The molecule has 0 aliphatic carbocycles. The predicted octanol–water partition coefficient (Wildman–Crippen LogP) is 1.93. The fourth-order valence-corrected chi connectivity index (χ4v) is 1.62. The highest BCUT2D eigenvalue weighted by Crippen LogP contribution is 2.22. The second-order valence-electron chi connectivity index (χ2n) is 2.18. The number of rotatable bonds is 2. The Morgan fingerprint density at radius 2 is 2.31 bits per heavy atom. The Bertz CT molecular complexity index is 354. The largest absolute Gasteiger partial charge is 0.384 e. The number of nitro benzene ring substituents is 1. The van der Waals surface area contributed by atoms with E-state index >= 15 is 0 Å². The zero-order valence-corrected chi connectivity index (χ0v) is 8.10. The van der Waals surface area contributed by atoms with Crippen molar-refractivity contribution in [2.45, 2.75) is 4.90 Å². The molecule has 0 aromatic heterocycles. The third-order valence-electron chi connectivity index (χ3n) is 1.25. The fraction of sp³-hybridized carbons (Fsp3) is 0. The van der Waals surface area contributed by atoms with Crippen LogP contribution in [-0.4, -0.2) is 9.24 Å². The van der Waals surface area contributed by atoms with Crippen molar-refractivity contribution in [1.82, 2.24) is 0 Å². The van der Waals surface area contributed by atoms with E-state index in [1.807, 2.05) is 0 Å². The summed E-state index contributed by atoms with van der Waals surface area (Å²) >= 11 is 5.79. The Labute approximate surface area is 84.3 Å². The Balaban J connectivity index is 2.91. The van der Waals surface area contributed by atoms with Crippen LogP contribution in [0.4, 0.5) is 5.69 Å². The van der Waals surface area contributed by atoms with Gasteiger partial charge in [0.1, 0.15) is 4.32 Å². The number of nitro groups is 1. The van der Waals surface area contributed by atoms with Gasteiger partial charge in [-0.2, -0.15) is 0 Å². The summed E-state index contributed by atoms with van der Waals surface area (Å²) in [5.74, 6) is 0. The summed E-state index contributed by atoms with van der Waals surface area (Å²) in [5, 5.41) is 10.4. The summed E-state index contributed by atoms with van der Waals surface area (Å²) in [6.45, 7) is 0. The summed E-state index contributed by atoms with van der Waals surface area (Å²) in [7, 11) is 0. The first-order valence-electron chi connectivity index (χ1n) is 3.31. The number of hydrogen-bond donors (Lipinski definition) is 1. The third kappa shape index (κ3) is 3.00. The van der Waals surface area contributed by atoms with Gasteiger partial charge in [-0.15, -0.1) is 0 Å². The lowest BCUT2D eigenvalue weighted by molar-refractivity contribution is -0.385. The molecule has 0 heterocycles. The fourth-order valence-electron chi connectivity index (χ4n) is 0.777. The summed E-state index contributed by atoms with van der Waals surface area (Å²) in [6, 6.07) is 6.17. The first-order valence-corrected chi connectivity index (χ1v) is 4.54. The molecule has 4 nitrogen and oxygen atoms in total. The van der Waals surface area contributed by atoms with Gasteiger partial charge in [-0.05, 0) is 6.07 Å². The van der Waals surface area contributed by atoms with Crippen LogP contribution in [0.2, 0.25) is 0 Å². The predicted molar refractivity (Wildman–Crippen MR) is 55.7 cm³/mol. The number of benzene rings is 1. The van der Waals surface area contributed by atoms with Crippen LogP contribution in [0.1, 0.15) is 0 Å². The van der Waals surface area contributed by atoms with Crippen molar-refractivity contribution < 1.29 is 4.92 Å². The van der Waals surface area contributed by atoms with Gasteiger partial charge in [-0.3, -0.25) is 10.1 Å². The van der Waals surface area contributed by atoms with E-state index in [1.165, 1.54) is 12.1 Å². The summed E-state index contributed by atoms with van der Waals surface area (Å²) in [6.07, 6.45) is 0. The van der Waals surface area contributed by atoms with E-state index in [0.29, 0.717) is 4.90 Å². The van der Waals surface area contributed by atoms with Crippen molar-refractivity contribution >= 4 is 34.0 Å². The molecular weight excluding hydrogens is 208 g/mol. The molecule has 0 aliphatic heterocycles. The second-order valence-corrected chi connectivity index (χ2v) is 3.99.